The van der Waals surface area contributed by atoms with Crippen molar-refractivity contribution in [1.29, 1.82) is 0 Å². The van der Waals surface area contributed by atoms with Gasteiger partial charge in [0.05, 0.1) is 6.26 Å². The van der Waals surface area contributed by atoms with Crippen molar-refractivity contribution >= 4 is 11.0 Å². The van der Waals surface area contributed by atoms with Crippen LogP contribution in [-0.2, 0) is 6.54 Å². The number of nitrogens with two attached hydrogens (primary N) is 1. The largest absolute Gasteiger partial charge is 0.464 e. The minimum absolute atomic E-state index is 0.662. The Morgan fingerprint density at radius 2 is 2.14 bits per heavy atom. The van der Waals surface area contributed by atoms with Crippen LogP contribution in [0.25, 0.3) is 11.0 Å². The highest BCUT2D eigenvalue weighted by Gasteiger charge is 2.03. The zero-order valence-electron chi connectivity index (χ0n) is 7.99. The molecule has 1 aromatic heterocycles. The lowest BCUT2D eigenvalue weighted by Crippen LogP contribution is -2.21. The predicted molar refractivity (Wildman–Crippen MR) is 57.0 cm³/mol. The molecular weight excluding hydrogens is 176 g/mol. The van der Waals surface area contributed by atoms with Gasteiger partial charge >= 0.3 is 0 Å². The summed E-state index contributed by atoms with van der Waals surface area (Å²) in [5, 5.41) is 4.42. The number of benzene rings is 1. The third-order valence-electron chi connectivity index (χ3n) is 2.20. The van der Waals surface area contributed by atoms with Crippen molar-refractivity contribution in [2.45, 2.75) is 6.54 Å². The fourth-order valence-electron chi connectivity index (χ4n) is 1.49. The van der Waals surface area contributed by atoms with Crippen molar-refractivity contribution in [2.24, 2.45) is 5.73 Å². The quantitative estimate of drug-likeness (QED) is 0.718. The van der Waals surface area contributed by atoms with Gasteiger partial charge in [-0.1, -0.05) is 18.2 Å². The maximum atomic E-state index is 5.41. The van der Waals surface area contributed by atoms with Crippen LogP contribution in [0, 0.1) is 0 Å². The van der Waals surface area contributed by atoms with Crippen LogP contribution in [0.3, 0.4) is 0 Å². The summed E-state index contributed by atoms with van der Waals surface area (Å²) in [4.78, 5) is 0. The number of fused-ring (bicyclic) bond motifs is 1. The van der Waals surface area contributed by atoms with Gasteiger partial charge in [0.15, 0.2) is 0 Å². The number of hydrogen-bond acceptors (Lipinski definition) is 3. The summed E-state index contributed by atoms with van der Waals surface area (Å²) in [7, 11) is 0. The molecule has 0 saturated heterocycles. The van der Waals surface area contributed by atoms with E-state index in [1.165, 1.54) is 10.9 Å². The average Bonchev–Trinajstić information content (AvgIpc) is 2.63. The number of nitrogens with one attached hydrogen (secondary N) is 1. The highest BCUT2D eigenvalue weighted by molar-refractivity contribution is 5.80. The van der Waals surface area contributed by atoms with E-state index in [9.17, 15) is 0 Å². The van der Waals surface area contributed by atoms with E-state index in [0.717, 1.165) is 18.7 Å². The Bertz CT molecular complexity index is 408. The van der Waals surface area contributed by atoms with Crippen molar-refractivity contribution in [3.63, 3.8) is 0 Å². The van der Waals surface area contributed by atoms with Gasteiger partial charge in [0.2, 0.25) is 0 Å². The van der Waals surface area contributed by atoms with Crippen molar-refractivity contribution < 1.29 is 4.42 Å². The fraction of sp³-hybridized carbons (Fsp3) is 0.273. The summed E-state index contributed by atoms with van der Waals surface area (Å²) in [5.41, 5.74) is 7.53. The summed E-state index contributed by atoms with van der Waals surface area (Å²) in [5.74, 6) is 0. The molecule has 0 saturated carbocycles. The lowest BCUT2D eigenvalue weighted by Gasteiger charge is -1.99. The Balaban J connectivity index is 2.17. The lowest BCUT2D eigenvalue weighted by atomic mass is 10.2. The molecule has 0 radical (unpaired) electrons. The normalized spacial score (nSPS) is 10.9. The van der Waals surface area contributed by atoms with E-state index in [0.29, 0.717) is 6.54 Å². The Hall–Kier alpha value is -1.32. The molecule has 0 unspecified atom stereocenters. The van der Waals surface area contributed by atoms with Crippen LogP contribution >= 0.6 is 0 Å². The lowest BCUT2D eigenvalue weighted by molar-refractivity contribution is 0.603. The smallest absolute Gasteiger partial charge is 0.134 e. The number of hydrogen-bond donors (Lipinski definition) is 2. The third-order valence-corrected chi connectivity index (χ3v) is 2.20. The standard InChI is InChI=1S/C11H14N2O/c12-5-6-13-7-9-8-14-11-4-2-1-3-10(9)11/h1-4,8,13H,5-7,12H2. The first-order chi connectivity index (χ1) is 6.92. The molecule has 0 amide bonds. The summed E-state index contributed by atoms with van der Waals surface area (Å²) < 4.78 is 5.41. The van der Waals surface area contributed by atoms with Crippen molar-refractivity contribution in [3.05, 3.63) is 36.1 Å². The van der Waals surface area contributed by atoms with Crippen LogP contribution < -0.4 is 11.1 Å². The molecule has 0 aliphatic carbocycles. The minimum atomic E-state index is 0.662. The molecule has 3 heteroatoms. The molecule has 0 fully saturated rings. The molecular formula is C11H14N2O. The molecule has 0 spiro atoms. The second-order valence-electron chi connectivity index (χ2n) is 3.22. The maximum Gasteiger partial charge on any atom is 0.134 e. The minimum Gasteiger partial charge on any atom is -0.464 e. The fourth-order valence-corrected chi connectivity index (χ4v) is 1.49. The van der Waals surface area contributed by atoms with Gasteiger partial charge in [-0.25, -0.2) is 0 Å². The van der Waals surface area contributed by atoms with Gasteiger partial charge in [0.25, 0.3) is 0 Å². The van der Waals surface area contributed by atoms with E-state index in [2.05, 4.69) is 11.4 Å². The Kier molecular flexibility index (Phi) is 2.81. The van der Waals surface area contributed by atoms with Gasteiger partial charge in [-0.3, -0.25) is 0 Å². The van der Waals surface area contributed by atoms with Crippen molar-refractivity contribution in [1.82, 2.24) is 5.32 Å². The first kappa shape index (κ1) is 9.24. The maximum absolute atomic E-state index is 5.41. The molecule has 74 valence electrons. The van der Waals surface area contributed by atoms with Crippen molar-refractivity contribution in [3.8, 4) is 0 Å². The van der Waals surface area contributed by atoms with E-state index >= 15 is 0 Å². The van der Waals surface area contributed by atoms with E-state index in [1.54, 1.807) is 6.26 Å². The molecule has 2 rings (SSSR count). The molecule has 3 nitrogen and oxygen atoms in total. The molecule has 3 N–H and O–H groups in total. The molecule has 0 bridgehead atoms. The highest BCUT2D eigenvalue weighted by Crippen LogP contribution is 2.20. The van der Waals surface area contributed by atoms with Crippen LogP contribution in [0.1, 0.15) is 5.56 Å². The average molecular weight is 190 g/mol. The van der Waals surface area contributed by atoms with E-state index < -0.39 is 0 Å². The monoisotopic (exact) mass is 190 g/mol. The van der Waals surface area contributed by atoms with E-state index in [4.69, 9.17) is 10.2 Å². The van der Waals surface area contributed by atoms with E-state index in [-0.39, 0.29) is 0 Å². The molecule has 1 heterocycles. The van der Waals surface area contributed by atoms with Crippen LogP contribution in [0.5, 0.6) is 0 Å². The Morgan fingerprint density at radius 1 is 1.29 bits per heavy atom. The van der Waals surface area contributed by atoms with Gasteiger partial charge in [0, 0.05) is 30.6 Å². The van der Waals surface area contributed by atoms with Gasteiger partial charge in [0.1, 0.15) is 5.58 Å². The second-order valence-corrected chi connectivity index (χ2v) is 3.22. The molecule has 0 aliphatic rings. The van der Waals surface area contributed by atoms with Crippen LogP contribution in [0.15, 0.2) is 34.9 Å². The molecule has 1 aromatic carbocycles. The molecule has 0 atom stereocenters. The zero-order chi connectivity index (χ0) is 9.80. The van der Waals surface area contributed by atoms with Gasteiger partial charge in [-0.05, 0) is 6.07 Å². The summed E-state index contributed by atoms with van der Waals surface area (Å²) in [6, 6.07) is 8.03. The highest BCUT2D eigenvalue weighted by atomic mass is 16.3. The summed E-state index contributed by atoms with van der Waals surface area (Å²) in [6.45, 7) is 2.31. The first-order valence-corrected chi connectivity index (χ1v) is 4.77. The van der Waals surface area contributed by atoms with Crippen molar-refractivity contribution in [2.75, 3.05) is 13.1 Å². The first-order valence-electron chi connectivity index (χ1n) is 4.77. The second kappa shape index (κ2) is 4.26. The number of rotatable bonds is 4. The molecule has 2 aromatic rings. The van der Waals surface area contributed by atoms with E-state index in [1.807, 2.05) is 18.2 Å². The topological polar surface area (TPSA) is 51.2 Å². The van der Waals surface area contributed by atoms with Gasteiger partial charge < -0.3 is 15.5 Å². The van der Waals surface area contributed by atoms with Crippen LogP contribution in [0.4, 0.5) is 0 Å². The molecule has 14 heavy (non-hydrogen) atoms. The van der Waals surface area contributed by atoms with Crippen LogP contribution in [-0.4, -0.2) is 13.1 Å². The Labute approximate surface area is 82.9 Å². The van der Waals surface area contributed by atoms with Gasteiger partial charge in [-0.15, -0.1) is 0 Å². The SMILES string of the molecule is NCCNCc1coc2ccccc12. The third kappa shape index (κ3) is 1.78. The zero-order valence-corrected chi connectivity index (χ0v) is 7.99. The summed E-state index contributed by atoms with van der Waals surface area (Å²) in [6.07, 6.45) is 1.80. The number of para-hydroxylation sites is 1. The molecule has 0 aliphatic heterocycles. The van der Waals surface area contributed by atoms with Gasteiger partial charge in [-0.2, -0.15) is 0 Å². The number of furan rings is 1. The Morgan fingerprint density at radius 3 is 3.00 bits per heavy atom. The summed E-state index contributed by atoms with van der Waals surface area (Å²) >= 11 is 0. The predicted octanol–water partition coefficient (Wildman–Crippen LogP) is 1.48. The van der Waals surface area contributed by atoms with Crippen LogP contribution in [0.2, 0.25) is 0 Å².